The van der Waals surface area contributed by atoms with E-state index in [4.69, 9.17) is 0 Å². The lowest BCUT2D eigenvalue weighted by atomic mass is 9.91. The summed E-state index contributed by atoms with van der Waals surface area (Å²) in [6.07, 6.45) is 5.97. The SMILES string of the molecule is CC(C)C(=O)CC1C=CC(F)=CC1. The quantitative estimate of drug-likeness (QED) is 0.655. The van der Waals surface area contributed by atoms with E-state index in [0.29, 0.717) is 12.8 Å². The van der Waals surface area contributed by atoms with Crippen LogP contribution < -0.4 is 0 Å². The minimum absolute atomic E-state index is 0.0872. The van der Waals surface area contributed by atoms with Crippen molar-refractivity contribution in [1.29, 1.82) is 0 Å². The van der Waals surface area contributed by atoms with E-state index in [9.17, 15) is 9.18 Å². The average Bonchev–Trinajstić information content (AvgIpc) is 2.08. The number of Topliss-reactive ketones (excluding diaryl/α,β-unsaturated/α-hetero) is 1. The Hall–Kier alpha value is -0.920. The number of allylic oxidation sites excluding steroid dienone is 4. The second kappa shape index (κ2) is 4.35. The smallest absolute Gasteiger partial charge is 0.136 e. The summed E-state index contributed by atoms with van der Waals surface area (Å²) < 4.78 is 12.5. The molecule has 1 rings (SSSR count). The van der Waals surface area contributed by atoms with Crippen LogP contribution in [0.25, 0.3) is 0 Å². The van der Waals surface area contributed by atoms with Crippen LogP contribution in [0.5, 0.6) is 0 Å². The Morgan fingerprint density at radius 2 is 2.38 bits per heavy atom. The molecule has 0 saturated heterocycles. The highest BCUT2D eigenvalue weighted by Gasteiger charge is 2.15. The standard InChI is InChI=1S/C11H15FO/c1-8(2)11(13)7-9-3-5-10(12)6-4-9/h3,5-6,8-9H,4,7H2,1-2H3. The molecule has 0 bridgehead atoms. The topological polar surface area (TPSA) is 17.1 Å². The monoisotopic (exact) mass is 182 g/mol. The largest absolute Gasteiger partial charge is 0.299 e. The molecule has 0 aromatic rings. The second-order valence-corrected chi connectivity index (χ2v) is 3.77. The number of carbonyl (C=O) groups excluding carboxylic acids is 1. The van der Waals surface area contributed by atoms with Gasteiger partial charge in [-0.25, -0.2) is 4.39 Å². The molecule has 1 unspecified atom stereocenters. The van der Waals surface area contributed by atoms with Crippen molar-refractivity contribution in [2.45, 2.75) is 26.7 Å². The number of carbonyl (C=O) groups is 1. The molecule has 0 aliphatic heterocycles. The summed E-state index contributed by atoms with van der Waals surface area (Å²) in [5.74, 6) is 0.358. The molecule has 0 aromatic carbocycles. The highest BCUT2D eigenvalue weighted by Crippen LogP contribution is 2.21. The van der Waals surface area contributed by atoms with Crippen LogP contribution in [0.1, 0.15) is 26.7 Å². The van der Waals surface area contributed by atoms with Crippen LogP contribution in [0.15, 0.2) is 24.1 Å². The van der Waals surface area contributed by atoms with Gasteiger partial charge in [0.05, 0.1) is 0 Å². The van der Waals surface area contributed by atoms with Crippen LogP contribution in [-0.4, -0.2) is 5.78 Å². The van der Waals surface area contributed by atoms with Crippen LogP contribution in [0.2, 0.25) is 0 Å². The summed E-state index contributed by atoms with van der Waals surface area (Å²) in [5.41, 5.74) is 0. The molecule has 72 valence electrons. The van der Waals surface area contributed by atoms with Crippen LogP contribution in [0.4, 0.5) is 4.39 Å². The summed E-state index contributed by atoms with van der Waals surface area (Å²) in [4.78, 5) is 11.3. The molecular weight excluding hydrogens is 167 g/mol. The lowest BCUT2D eigenvalue weighted by Crippen LogP contribution is -2.12. The number of hydrogen-bond acceptors (Lipinski definition) is 1. The number of ketones is 1. The van der Waals surface area contributed by atoms with E-state index in [1.54, 1.807) is 6.08 Å². The zero-order valence-corrected chi connectivity index (χ0v) is 8.09. The predicted octanol–water partition coefficient (Wildman–Crippen LogP) is 3.03. The van der Waals surface area contributed by atoms with Gasteiger partial charge >= 0.3 is 0 Å². The van der Waals surface area contributed by atoms with Gasteiger partial charge in [0.2, 0.25) is 0 Å². The Kier molecular flexibility index (Phi) is 3.40. The minimum atomic E-state index is -0.187. The number of halogens is 1. The van der Waals surface area contributed by atoms with E-state index in [1.807, 2.05) is 13.8 Å². The summed E-state index contributed by atoms with van der Waals surface area (Å²) in [5, 5.41) is 0. The van der Waals surface area contributed by atoms with Gasteiger partial charge in [0.25, 0.3) is 0 Å². The van der Waals surface area contributed by atoms with Gasteiger partial charge in [-0.05, 0) is 24.5 Å². The molecule has 1 atom stereocenters. The molecule has 13 heavy (non-hydrogen) atoms. The molecule has 0 fully saturated rings. The van der Waals surface area contributed by atoms with E-state index < -0.39 is 0 Å². The fraction of sp³-hybridized carbons (Fsp3) is 0.545. The molecule has 1 nitrogen and oxygen atoms in total. The van der Waals surface area contributed by atoms with E-state index >= 15 is 0 Å². The van der Waals surface area contributed by atoms with Crippen LogP contribution >= 0.6 is 0 Å². The molecule has 2 heteroatoms. The van der Waals surface area contributed by atoms with Crippen LogP contribution in [0, 0.1) is 11.8 Å². The fourth-order valence-electron chi connectivity index (χ4n) is 1.28. The normalized spacial score (nSPS) is 21.8. The molecule has 0 amide bonds. The lowest BCUT2D eigenvalue weighted by Gasteiger charge is -2.13. The van der Waals surface area contributed by atoms with Crippen molar-refractivity contribution in [2.75, 3.05) is 0 Å². The van der Waals surface area contributed by atoms with Crippen molar-refractivity contribution in [1.82, 2.24) is 0 Å². The third-order valence-corrected chi connectivity index (χ3v) is 2.25. The molecule has 1 aliphatic carbocycles. The molecule has 0 heterocycles. The zero-order chi connectivity index (χ0) is 9.84. The van der Waals surface area contributed by atoms with Crippen molar-refractivity contribution in [3.8, 4) is 0 Å². The third-order valence-electron chi connectivity index (χ3n) is 2.25. The van der Waals surface area contributed by atoms with Gasteiger partial charge in [0.15, 0.2) is 0 Å². The van der Waals surface area contributed by atoms with Crippen molar-refractivity contribution in [3.05, 3.63) is 24.1 Å². The highest BCUT2D eigenvalue weighted by atomic mass is 19.1. The number of hydrogen-bond donors (Lipinski definition) is 0. The average molecular weight is 182 g/mol. The number of rotatable bonds is 3. The van der Waals surface area contributed by atoms with Gasteiger partial charge < -0.3 is 0 Å². The maximum atomic E-state index is 12.5. The molecule has 0 aromatic heterocycles. The van der Waals surface area contributed by atoms with Gasteiger partial charge in [-0.2, -0.15) is 0 Å². The summed E-state index contributed by atoms with van der Waals surface area (Å²) in [7, 11) is 0. The molecule has 0 radical (unpaired) electrons. The van der Waals surface area contributed by atoms with E-state index in [-0.39, 0.29) is 23.4 Å². The summed E-state index contributed by atoms with van der Waals surface area (Å²) >= 11 is 0. The molecule has 0 saturated carbocycles. The van der Waals surface area contributed by atoms with Crippen molar-refractivity contribution < 1.29 is 9.18 Å². The predicted molar refractivity (Wildman–Crippen MR) is 50.9 cm³/mol. The van der Waals surface area contributed by atoms with Crippen LogP contribution in [0.3, 0.4) is 0 Å². The Morgan fingerprint density at radius 3 is 2.85 bits per heavy atom. The third kappa shape index (κ3) is 3.13. The molecular formula is C11H15FO. The van der Waals surface area contributed by atoms with E-state index in [0.717, 1.165) is 0 Å². The first-order valence-electron chi connectivity index (χ1n) is 4.66. The Balaban J connectivity index is 2.41. The van der Waals surface area contributed by atoms with Crippen molar-refractivity contribution in [3.63, 3.8) is 0 Å². The Bertz CT molecular complexity index is 251. The van der Waals surface area contributed by atoms with Gasteiger partial charge in [-0.1, -0.05) is 19.9 Å². The first-order chi connectivity index (χ1) is 6.09. The first-order valence-corrected chi connectivity index (χ1v) is 4.66. The highest BCUT2D eigenvalue weighted by molar-refractivity contribution is 5.80. The first kappa shape index (κ1) is 10.2. The summed E-state index contributed by atoms with van der Waals surface area (Å²) in [6, 6.07) is 0. The van der Waals surface area contributed by atoms with Gasteiger partial charge in [-0.3, -0.25) is 4.79 Å². The Labute approximate surface area is 78.3 Å². The van der Waals surface area contributed by atoms with Gasteiger partial charge in [0.1, 0.15) is 11.6 Å². The van der Waals surface area contributed by atoms with Crippen molar-refractivity contribution >= 4 is 5.78 Å². The fourth-order valence-corrected chi connectivity index (χ4v) is 1.28. The maximum Gasteiger partial charge on any atom is 0.136 e. The van der Waals surface area contributed by atoms with Gasteiger partial charge in [0, 0.05) is 12.3 Å². The zero-order valence-electron chi connectivity index (χ0n) is 8.09. The summed E-state index contributed by atoms with van der Waals surface area (Å²) in [6.45, 7) is 3.79. The van der Waals surface area contributed by atoms with Crippen molar-refractivity contribution in [2.24, 2.45) is 11.8 Å². The Morgan fingerprint density at radius 1 is 1.69 bits per heavy atom. The molecule has 1 aliphatic rings. The van der Waals surface area contributed by atoms with Crippen LogP contribution in [-0.2, 0) is 4.79 Å². The van der Waals surface area contributed by atoms with E-state index in [2.05, 4.69) is 0 Å². The lowest BCUT2D eigenvalue weighted by molar-refractivity contribution is -0.122. The second-order valence-electron chi connectivity index (χ2n) is 3.77. The molecule has 0 N–H and O–H groups in total. The van der Waals surface area contributed by atoms with E-state index in [1.165, 1.54) is 12.2 Å². The molecule has 0 spiro atoms. The maximum absolute atomic E-state index is 12.5. The minimum Gasteiger partial charge on any atom is -0.299 e. The van der Waals surface area contributed by atoms with Gasteiger partial charge in [-0.15, -0.1) is 0 Å².